The maximum atomic E-state index is 12.6. The van der Waals surface area contributed by atoms with E-state index in [-0.39, 0.29) is 11.8 Å². The molecule has 1 N–H and O–H groups in total. The number of rotatable bonds is 3. The highest BCUT2D eigenvalue weighted by Crippen LogP contribution is 2.19. The molecule has 5 heteroatoms. The predicted octanol–water partition coefficient (Wildman–Crippen LogP) is 1.78. The highest BCUT2D eigenvalue weighted by atomic mass is 16.2. The molecule has 3 rings (SSSR count). The molecule has 2 aromatic rings. The van der Waals surface area contributed by atoms with Crippen molar-refractivity contribution >= 4 is 11.8 Å². The second-order valence-corrected chi connectivity index (χ2v) is 5.71. The van der Waals surface area contributed by atoms with E-state index in [1.165, 1.54) is 11.1 Å². The van der Waals surface area contributed by atoms with Crippen LogP contribution in [0.2, 0.25) is 0 Å². The van der Waals surface area contributed by atoms with Crippen molar-refractivity contribution < 1.29 is 9.59 Å². The zero-order valence-electron chi connectivity index (χ0n) is 13.0. The van der Waals surface area contributed by atoms with Crippen molar-refractivity contribution in [2.45, 2.75) is 25.9 Å². The molecule has 0 unspecified atom stereocenters. The lowest BCUT2D eigenvalue weighted by molar-refractivity contribution is -0.133. The molecule has 5 nitrogen and oxygen atoms in total. The average Bonchev–Trinajstić information content (AvgIpc) is 2.61. The van der Waals surface area contributed by atoms with Gasteiger partial charge in [0.15, 0.2) is 0 Å². The van der Waals surface area contributed by atoms with Crippen molar-refractivity contribution in [3.8, 4) is 0 Å². The third-order valence-electron chi connectivity index (χ3n) is 4.10. The van der Waals surface area contributed by atoms with Crippen LogP contribution in [0.15, 0.2) is 48.8 Å². The fourth-order valence-electron chi connectivity index (χ4n) is 2.80. The molecule has 0 bridgehead atoms. The van der Waals surface area contributed by atoms with Crippen molar-refractivity contribution in [1.29, 1.82) is 0 Å². The van der Waals surface area contributed by atoms with Gasteiger partial charge in [-0.25, -0.2) is 0 Å². The van der Waals surface area contributed by atoms with Gasteiger partial charge in [-0.15, -0.1) is 0 Å². The van der Waals surface area contributed by atoms with Crippen LogP contribution in [-0.4, -0.2) is 34.3 Å². The summed E-state index contributed by atoms with van der Waals surface area (Å²) in [5, 5.41) is 2.76. The lowest BCUT2D eigenvalue weighted by Gasteiger charge is -2.31. The summed E-state index contributed by atoms with van der Waals surface area (Å²) < 4.78 is 0. The van der Waals surface area contributed by atoms with E-state index in [1.807, 2.05) is 12.1 Å². The van der Waals surface area contributed by atoms with Gasteiger partial charge < -0.3 is 10.2 Å². The predicted molar refractivity (Wildman–Crippen MR) is 86.7 cm³/mol. The molecule has 0 aliphatic carbocycles. The van der Waals surface area contributed by atoms with Crippen molar-refractivity contribution in [2.75, 3.05) is 6.54 Å². The maximum absolute atomic E-state index is 12.6. The number of fused-ring (bicyclic) bond motifs is 1. The second-order valence-electron chi connectivity index (χ2n) is 5.71. The number of carbonyl (C=O) groups excluding carboxylic acids is 2. The summed E-state index contributed by atoms with van der Waals surface area (Å²) in [6.45, 7) is 3.01. The summed E-state index contributed by atoms with van der Waals surface area (Å²) in [6.07, 6.45) is 3.97. The Balaban J connectivity index is 1.63. The fraction of sp³-hybridized carbons (Fsp3) is 0.278. The Morgan fingerprint density at radius 2 is 1.83 bits per heavy atom. The molecule has 1 aromatic heterocycles. The van der Waals surface area contributed by atoms with Crippen LogP contribution in [0, 0.1) is 0 Å². The minimum atomic E-state index is -0.555. The van der Waals surface area contributed by atoms with Crippen LogP contribution in [0.1, 0.15) is 28.4 Å². The van der Waals surface area contributed by atoms with Gasteiger partial charge in [0.2, 0.25) is 5.91 Å². The van der Waals surface area contributed by atoms with Crippen molar-refractivity contribution in [1.82, 2.24) is 15.2 Å². The minimum absolute atomic E-state index is 0.0538. The molecule has 2 amide bonds. The van der Waals surface area contributed by atoms with E-state index in [0.29, 0.717) is 18.7 Å². The molecular weight excluding hydrogens is 290 g/mol. The summed E-state index contributed by atoms with van der Waals surface area (Å²) >= 11 is 0. The normalized spacial score (nSPS) is 14.7. The van der Waals surface area contributed by atoms with E-state index in [1.54, 1.807) is 36.4 Å². The number of aromatic nitrogens is 1. The Kier molecular flexibility index (Phi) is 4.37. The minimum Gasteiger partial charge on any atom is -0.341 e. The van der Waals surface area contributed by atoms with Crippen molar-refractivity contribution in [2.24, 2.45) is 0 Å². The van der Waals surface area contributed by atoms with Gasteiger partial charge in [0, 0.05) is 31.0 Å². The van der Waals surface area contributed by atoms with Crippen LogP contribution in [0.5, 0.6) is 0 Å². The van der Waals surface area contributed by atoms with Gasteiger partial charge >= 0.3 is 0 Å². The standard InChI is InChI=1S/C18H19N3O2/c1-13(20-17(22)15-6-9-19-10-7-15)18(23)21-11-8-14-4-2-3-5-16(14)12-21/h2-7,9-10,13H,8,11-12H2,1H3,(H,20,22)/t13-/m0/s1. The molecule has 0 radical (unpaired) electrons. The SMILES string of the molecule is C[C@H](NC(=O)c1ccncc1)C(=O)N1CCc2ccccc2C1. The number of amides is 2. The molecule has 1 aliphatic heterocycles. The van der Waals surface area contributed by atoms with E-state index in [9.17, 15) is 9.59 Å². The van der Waals surface area contributed by atoms with Crippen molar-refractivity contribution in [3.05, 3.63) is 65.5 Å². The number of benzene rings is 1. The molecular formula is C18H19N3O2. The fourth-order valence-corrected chi connectivity index (χ4v) is 2.80. The summed E-state index contributed by atoms with van der Waals surface area (Å²) in [5.74, 6) is -0.312. The van der Waals surface area contributed by atoms with E-state index >= 15 is 0 Å². The Morgan fingerprint density at radius 3 is 2.57 bits per heavy atom. The zero-order valence-corrected chi connectivity index (χ0v) is 13.0. The van der Waals surface area contributed by atoms with E-state index in [0.717, 1.165) is 6.42 Å². The molecule has 0 saturated heterocycles. The number of carbonyl (C=O) groups is 2. The van der Waals surface area contributed by atoms with Gasteiger partial charge in [0.1, 0.15) is 6.04 Å². The molecule has 118 valence electrons. The third kappa shape index (κ3) is 3.39. The van der Waals surface area contributed by atoms with E-state index < -0.39 is 6.04 Å². The molecule has 1 atom stereocenters. The number of nitrogens with zero attached hydrogens (tertiary/aromatic N) is 2. The maximum Gasteiger partial charge on any atom is 0.252 e. The van der Waals surface area contributed by atoms with Crippen LogP contribution in [0.3, 0.4) is 0 Å². The average molecular weight is 309 g/mol. The number of nitrogens with one attached hydrogen (secondary N) is 1. The van der Waals surface area contributed by atoms with Gasteiger partial charge in [-0.1, -0.05) is 24.3 Å². The smallest absolute Gasteiger partial charge is 0.252 e. The van der Waals surface area contributed by atoms with Crippen LogP contribution < -0.4 is 5.32 Å². The van der Waals surface area contributed by atoms with E-state index in [4.69, 9.17) is 0 Å². The van der Waals surface area contributed by atoms with Crippen LogP contribution in [0.25, 0.3) is 0 Å². The Morgan fingerprint density at radius 1 is 1.13 bits per heavy atom. The highest BCUT2D eigenvalue weighted by Gasteiger charge is 2.25. The summed E-state index contributed by atoms with van der Waals surface area (Å²) in [5.41, 5.74) is 2.98. The molecule has 1 aromatic carbocycles. The Bertz CT molecular complexity index is 715. The van der Waals surface area contributed by atoms with Gasteiger partial charge in [0.25, 0.3) is 5.91 Å². The Hall–Kier alpha value is -2.69. The molecule has 23 heavy (non-hydrogen) atoms. The largest absolute Gasteiger partial charge is 0.341 e. The van der Waals surface area contributed by atoms with Crippen LogP contribution in [-0.2, 0) is 17.8 Å². The van der Waals surface area contributed by atoms with Crippen LogP contribution >= 0.6 is 0 Å². The summed E-state index contributed by atoms with van der Waals surface area (Å²) in [7, 11) is 0. The molecule has 2 heterocycles. The van der Waals surface area contributed by atoms with E-state index in [2.05, 4.69) is 22.4 Å². The first-order chi connectivity index (χ1) is 11.1. The first kappa shape index (κ1) is 15.2. The molecule has 1 aliphatic rings. The highest BCUT2D eigenvalue weighted by molar-refractivity contribution is 5.97. The van der Waals surface area contributed by atoms with Crippen LogP contribution in [0.4, 0.5) is 0 Å². The molecule has 0 saturated carbocycles. The third-order valence-corrected chi connectivity index (χ3v) is 4.10. The first-order valence-electron chi connectivity index (χ1n) is 7.71. The second kappa shape index (κ2) is 6.60. The lowest BCUT2D eigenvalue weighted by Crippen LogP contribution is -2.48. The Labute approximate surface area is 135 Å². The monoisotopic (exact) mass is 309 g/mol. The van der Waals surface area contributed by atoms with Crippen molar-refractivity contribution in [3.63, 3.8) is 0 Å². The number of hydrogen-bond donors (Lipinski definition) is 1. The summed E-state index contributed by atoms with van der Waals surface area (Å²) in [4.78, 5) is 30.4. The van der Waals surface area contributed by atoms with Gasteiger partial charge in [-0.05, 0) is 36.6 Å². The van der Waals surface area contributed by atoms with Gasteiger partial charge in [-0.3, -0.25) is 14.6 Å². The molecule has 0 spiro atoms. The first-order valence-corrected chi connectivity index (χ1v) is 7.71. The number of hydrogen-bond acceptors (Lipinski definition) is 3. The topological polar surface area (TPSA) is 62.3 Å². The number of pyridine rings is 1. The quantitative estimate of drug-likeness (QED) is 0.940. The molecule has 0 fully saturated rings. The summed E-state index contributed by atoms with van der Waals surface area (Å²) in [6, 6.07) is 10.9. The zero-order chi connectivity index (χ0) is 16.2. The van der Waals surface area contributed by atoms with Gasteiger partial charge in [0.05, 0.1) is 0 Å². The van der Waals surface area contributed by atoms with Gasteiger partial charge in [-0.2, -0.15) is 0 Å². The lowest BCUT2D eigenvalue weighted by atomic mass is 9.99.